The van der Waals surface area contributed by atoms with Gasteiger partial charge in [0.1, 0.15) is 0 Å². The van der Waals surface area contributed by atoms with E-state index in [4.69, 9.17) is 0 Å². The minimum absolute atomic E-state index is 0.591. The van der Waals surface area contributed by atoms with Crippen LogP contribution in [0.2, 0.25) is 0 Å². The fraction of sp³-hybridized carbons (Fsp3) is 0.333. The van der Waals surface area contributed by atoms with Gasteiger partial charge in [-0.1, -0.05) is 62.4 Å². The Hall–Kier alpha value is -5.36. The molecule has 0 amide bonds. The Balaban J connectivity index is 1.02. The predicted molar refractivity (Wildman–Crippen MR) is 226 cm³/mol. The van der Waals surface area contributed by atoms with E-state index in [0.717, 1.165) is 25.2 Å². The second-order valence-corrected chi connectivity index (χ2v) is 16.8. The largest absolute Gasteiger partial charge is 0.355 e. The number of anilines is 7. The average Bonchev–Trinajstić information content (AvgIpc) is 3.95. The van der Waals surface area contributed by atoms with E-state index >= 15 is 0 Å². The van der Waals surface area contributed by atoms with E-state index in [1.165, 1.54) is 119 Å². The number of rotatable bonds is 5. The molecule has 2 fully saturated rings. The Labute approximate surface area is 319 Å². The Morgan fingerprint density at radius 3 is 2.00 bits per heavy atom. The van der Waals surface area contributed by atoms with Crippen molar-refractivity contribution in [2.24, 2.45) is 11.8 Å². The van der Waals surface area contributed by atoms with Gasteiger partial charge in [0.25, 0.3) is 0 Å². The lowest BCUT2D eigenvalue weighted by atomic mass is 9.86. The number of hydrogen-bond acceptors (Lipinski definition) is 5. The van der Waals surface area contributed by atoms with Crippen LogP contribution in [0.5, 0.6) is 0 Å². The Morgan fingerprint density at radius 2 is 1.17 bits per heavy atom. The maximum absolute atomic E-state index is 2.70. The minimum atomic E-state index is 0.591. The number of benzene rings is 5. The van der Waals surface area contributed by atoms with Gasteiger partial charge in [-0.05, 0) is 124 Å². The van der Waals surface area contributed by atoms with Gasteiger partial charge in [0, 0.05) is 52.3 Å². The van der Waals surface area contributed by atoms with Gasteiger partial charge < -0.3 is 29.1 Å². The molecule has 0 atom stereocenters. The molecular weight excluding hydrogens is 661 g/mol. The summed E-state index contributed by atoms with van der Waals surface area (Å²) in [5.74, 6) is 1.69. The zero-order chi connectivity index (χ0) is 35.9. The molecule has 0 N–H and O–H groups in total. The number of aromatic nitrogens is 1. The number of nitrogens with zero attached hydrogens (tertiary/aromatic N) is 6. The summed E-state index contributed by atoms with van der Waals surface area (Å²) in [6.45, 7) is 6.63. The third kappa shape index (κ3) is 5.05. The molecule has 6 aromatic rings. The summed E-state index contributed by atoms with van der Waals surface area (Å²) in [5, 5.41) is 2.59. The summed E-state index contributed by atoms with van der Waals surface area (Å²) < 4.78 is 2.51. The van der Waals surface area contributed by atoms with Gasteiger partial charge in [-0.25, -0.2) is 0 Å². The van der Waals surface area contributed by atoms with Crippen molar-refractivity contribution in [2.45, 2.75) is 77.3 Å². The summed E-state index contributed by atoms with van der Waals surface area (Å²) >= 11 is 0. The molecule has 0 radical (unpaired) electrons. The highest BCUT2D eigenvalue weighted by molar-refractivity contribution is 6.16. The van der Waals surface area contributed by atoms with Crippen LogP contribution >= 0.6 is 0 Å². The van der Waals surface area contributed by atoms with Crippen LogP contribution in [-0.2, 0) is 0 Å². The van der Waals surface area contributed by atoms with Crippen LogP contribution in [0.4, 0.5) is 39.8 Å². The first-order chi connectivity index (χ1) is 26.6. The molecule has 2 saturated carbocycles. The molecule has 0 saturated heterocycles. The quantitative estimate of drug-likeness (QED) is 0.177. The molecule has 11 rings (SSSR count). The van der Waals surface area contributed by atoms with E-state index in [0.29, 0.717) is 12.1 Å². The zero-order valence-electron chi connectivity index (χ0n) is 31.6. The molecule has 6 heteroatoms. The van der Waals surface area contributed by atoms with Gasteiger partial charge in [0.15, 0.2) is 0 Å². The number of hydrogen-bond donors (Lipinski definition) is 0. The lowest BCUT2D eigenvalue weighted by Gasteiger charge is -2.36. The van der Waals surface area contributed by atoms with Gasteiger partial charge in [0.05, 0.1) is 52.8 Å². The van der Waals surface area contributed by atoms with Crippen molar-refractivity contribution in [1.82, 2.24) is 9.47 Å². The Morgan fingerprint density at radius 1 is 0.481 bits per heavy atom. The summed E-state index contributed by atoms with van der Waals surface area (Å²) in [4.78, 5) is 12.8. The van der Waals surface area contributed by atoms with E-state index in [1.807, 2.05) is 0 Å². The molecule has 4 heterocycles. The van der Waals surface area contributed by atoms with E-state index in [-0.39, 0.29) is 0 Å². The van der Waals surface area contributed by atoms with Gasteiger partial charge in [0.2, 0.25) is 0 Å². The van der Waals surface area contributed by atoms with Crippen molar-refractivity contribution >= 4 is 61.6 Å². The normalized spacial score (nSPS) is 23.5. The third-order valence-electron chi connectivity index (χ3n) is 13.5. The zero-order valence-corrected chi connectivity index (χ0v) is 31.6. The van der Waals surface area contributed by atoms with Crippen LogP contribution in [0, 0.1) is 11.8 Å². The molecule has 3 aliphatic heterocycles. The van der Waals surface area contributed by atoms with E-state index in [9.17, 15) is 0 Å². The Bertz CT molecular complexity index is 2410. The standard InChI is InChI=1S/C48H50N6/c1-33-17-21-35(22-18-33)49-27-28-50(31-49)37-9-7-10-39(29-37)53-46-16-8-12-41-40-11-3-4-13-42(40)54(48(41)46)45-26-25-38(30-47(45)53)52-32-51(36-23-19-34(2)20-24-36)43-14-5-6-15-44(43)52/h3-16,25-30,33-36H,17-24,31-32H2,1-2H3. The summed E-state index contributed by atoms with van der Waals surface area (Å²) in [6, 6.07) is 42.5. The first kappa shape index (κ1) is 32.1. The lowest BCUT2D eigenvalue weighted by molar-refractivity contribution is 0.203. The maximum atomic E-state index is 2.70. The van der Waals surface area contributed by atoms with Crippen molar-refractivity contribution in [3.8, 4) is 5.69 Å². The summed E-state index contributed by atoms with van der Waals surface area (Å²) in [5.41, 5.74) is 12.5. The highest BCUT2D eigenvalue weighted by atomic mass is 15.4. The molecule has 5 aromatic carbocycles. The maximum Gasteiger partial charge on any atom is 0.0955 e. The molecule has 0 bridgehead atoms. The first-order valence-corrected chi connectivity index (χ1v) is 20.5. The highest BCUT2D eigenvalue weighted by Crippen LogP contribution is 2.52. The van der Waals surface area contributed by atoms with Crippen LogP contribution < -0.4 is 19.6 Å². The second kappa shape index (κ2) is 12.6. The van der Waals surface area contributed by atoms with Crippen molar-refractivity contribution < 1.29 is 0 Å². The van der Waals surface area contributed by atoms with Crippen LogP contribution in [0.1, 0.15) is 65.2 Å². The average molecular weight is 711 g/mol. The van der Waals surface area contributed by atoms with E-state index in [2.05, 4.69) is 165 Å². The molecule has 5 aliphatic rings. The molecule has 0 spiro atoms. The van der Waals surface area contributed by atoms with Crippen molar-refractivity contribution in [1.29, 1.82) is 0 Å². The fourth-order valence-electron chi connectivity index (χ4n) is 10.4. The minimum Gasteiger partial charge on any atom is -0.355 e. The first-order valence-electron chi connectivity index (χ1n) is 20.5. The van der Waals surface area contributed by atoms with E-state index < -0.39 is 0 Å². The fourth-order valence-corrected chi connectivity index (χ4v) is 10.4. The van der Waals surface area contributed by atoms with Crippen molar-refractivity contribution in [3.05, 3.63) is 122 Å². The molecule has 272 valence electrons. The van der Waals surface area contributed by atoms with Crippen LogP contribution in [0.3, 0.4) is 0 Å². The molecule has 6 nitrogen and oxygen atoms in total. The second-order valence-electron chi connectivity index (χ2n) is 16.8. The molecular formula is C48H50N6. The van der Waals surface area contributed by atoms with Crippen LogP contribution in [-0.4, -0.2) is 34.9 Å². The van der Waals surface area contributed by atoms with E-state index in [1.54, 1.807) is 0 Å². The monoisotopic (exact) mass is 710 g/mol. The third-order valence-corrected chi connectivity index (χ3v) is 13.5. The van der Waals surface area contributed by atoms with Gasteiger partial charge >= 0.3 is 0 Å². The highest BCUT2D eigenvalue weighted by Gasteiger charge is 2.35. The number of para-hydroxylation sites is 4. The van der Waals surface area contributed by atoms with Gasteiger partial charge in [-0.15, -0.1) is 0 Å². The van der Waals surface area contributed by atoms with Crippen LogP contribution in [0.25, 0.3) is 27.5 Å². The van der Waals surface area contributed by atoms with Crippen molar-refractivity contribution in [2.75, 3.05) is 32.9 Å². The number of fused-ring (bicyclic) bond motifs is 6. The lowest BCUT2D eigenvalue weighted by Crippen LogP contribution is -2.39. The molecule has 54 heavy (non-hydrogen) atoms. The molecule has 1 aromatic heterocycles. The van der Waals surface area contributed by atoms with Gasteiger partial charge in [-0.3, -0.25) is 0 Å². The SMILES string of the molecule is CC1CCC(N2C=CN(c3cccc(N4c5cc(N6CN(C7CCC(C)CC7)c7ccccc76)ccc5-n5c6ccccc6c6cccc4c65)c3)C2)CC1. The Kier molecular flexibility index (Phi) is 7.50. The van der Waals surface area contributed by atoms with Crippen molar-refractivity contribution in [3.63, 3.8) is 0 Å². The van der Waals surface area contributed by atoms with Gasteiger partial charge in [-0.2, -0.15) is 0 Å². The van der Waals surface area contributed by atoms with Crippen LogP contribution in [0.15, 0.2) is 122 Å². The molecule has 0 unspecified atom stereocenters. The summed E-state index contributed by atoms with van der Waals surface area (Å²) in [6.07, 6.45) is 15.1. The molecule has 2 aliphatic carbocycles. The topological polar surface area (TPSA) is 21.1 Å². The predicted octanol–water partition coefficient (Wildman–Crippen LogP) is 12.2. The summed E-state index contributed by atoms with van der Waals surface area (Å²) in [7, 11) is 0. The smallest absolute Gasteiger partial charge is 0.0955 e.